The lowest BCUT2D eigenvalue weighted by molar-refractivity contribution is -0.122. The summed E-state index contributed by atoms with van der Waals surface area (Å²) in [5.74, 6) is 0.0826. The van der Waals surface area contributed by atoms with Gasteiger partial charge in [0.2, 0.25) is 5.91 Å². The third-order valence-electron chi connectivity index (χ3n) is 5.14. The Balaban J connectivity index is 1.24. The van der Waals surface area contributed by atoms with Crippen LogP contribution in [0.3, 0.4) is 0 Å². The molecular formula is C20H23N7O. The van der Waals surface area contributed by atoms with Crippen LogP contribution in [-0.4, -0.2) is 41.7 Å². The molecule has 3 aromatic heterocycles. The number of carbonyl (C=O) groups is 1. The monoisotopic (exact) mass is 377 g/mol. The Labute approximate surface area is 163 Å². The molecule has 3 aromatic rings. The fraction of sp³-hybridized carbons (Fsp3) is 0.400. The minimum atomic E-state index is 0.0826. The Kier molecular flexibility index (Phi) is 5.65. The summed E-state index contributed by atoms with van der Waals surface area (Å²) in [5, 5.41) is 7.68. The van der Waals surface area contributed by atoms with E-state index in [9.17, 15) is 4.79 Å². The van der Waals surface area contributed by atoms with Crippen molar-refractivity contribution in [2.45, 2.75) is 50.6 Å². The van der Waals surface area contributed by atoms with E-state index < -0.39 is 0 Å². The summed E-state index contributed by atoms with van der Waals surface area (Å²) in [5.41, 5.74) is 2.73. The summed E-state index contributed by atoms with van der Waals surface area (Å²) in [6.07, 6.45) is 17.2. The number of nitrogens with one attached hydrogen (secondary N) is 1. The number of aromatic nitrogens is 6. The first-order chi connectivity index (χ1) is 13.8. The number of hydrogen-bond donors (Lipinski definition) is 1. The van der Waals surface area contributed by atoms with Gasteiger partial charge in [-0.25, -0.2) is 9.97 Å². The summed E-state index contributed by atoms with van der Waals surface area (Å²) in [6, 6.07) is 2.49. The molecule has 1 saturated carbocycles. The molecule has 28 heavy (non-hydrogen) atoms. The molecule has 1 aliphatic carbocycles. The zero-order chi connectivity index (χ0) is 19.2. The first-order valence-electron chi connectivity index (χ1n) is 9.63. The van der Waals surface area contributed by atoms with Gasteiger partial charge in [-0.3, -0.25) is 19.4 Å². The Hall–Kier alpha value is -3.16. The van der Waals surface area contributed by atoms with Crippen LogP contribution in [0.4, 0.5) is 0 Å². The van der Waals surface area contributed by atoms with Gasteiger partial charge in [-0.15, -0.1) is 0 Å². The minimum Gasteiger partial charge on any atom is -0.353 e. The van der Waals surface area contributed by atoms with E-state index in [1.165, 1.54) is 0 Å². The first-order valence-corrected chi connectivity index (χ1v) is 9.63. The predicted molar refractivity (Wildman–Crippen MR) is 103 cm³/mol. The summed E-state index contributed by atoms with van der Waals surface area (Å²) < 4.78 is 2.03. The van der Waals surface area contributed by atoms with Crippen LogP contribution in [0.1, 0.15) is 43.8 Å². The third-order valence-corrected chi connectivity index (χ3v) is 5.14. The molecular weight excluding hydrogens is 354 g/mol. The van der Waals surface area contributed by atoms with Crippen LogP contribution in [0.15, 0.2) is 49.6 Å². The lowest BCUT2D eigenvalue weighted by Crippen LogP contribution is -2.38. The SMILES string of the molecule is O=C(CCc1cnccn1)NC1CCC(n2cc(-c3ccncn3)cn2)CC1. The quantitative estimate of drug-likeness (QED) is 0.708. The van der Waals surface area contributed by atoms with Crippen molar-refractivity contribution in [2.24, 2.45) is 0 Å². The van der Waals surface area contributed by atoms with Crippen LogP contribution in [0.5, 0.6) is 0 Å². The van der Waals surface area contributed by atoms with Crippen molar-refractivity contribution in [2.75, 3.05) is 0 Å². The molecule has 0 unspecified atom stereocenters. The maximum atomic E-state index is 12.2. The fourth-order valence-corrected chi connectivity index (χ4v) is 3.62. The van der Waals surface area contributed by atoms with Crippen LogP contribution in [0.25, 0.3) is 11.3 Å². The number of aryl methyl sites for hydroxylation is 1. The van der Waals surface area contributed by atoms with Crippen LogP contribution in [-0.2, 0) is 11.2 Å². The number of rotatable bonds is 6. The van der Waals surface area contributed by atoms with Gasteiger partial charge in [0, 0.05) is 49.0 Å². The minimum absolute atomic E-state index is 0.0826. The second kappa shape index (κ2) is 8.69. The highest BCUT2D eigenvalue weighted by molar-refractivity contribution is 5.76. The maximum Gasteiger partial charge on any atom is 0.220 e. The highest BCUT2D eigenvalue weighted by Gasteiger charge is 2.24. The summed E-state index contributed by atoms with van der Waals surface area (Å²) in [6.45, 7) is 0. The Morgan fingerprint density at radius 2 is 1.96 bits per heavy atom. The van der Waals surface area contributed by atoms with Gasteiger partial charge in [-0.05, 0) is 38.2 Å². The standard InChI is InChI=1S/C20H23N7O/c28-20(6-3-17-12-21-9-10-23-17)26-16-1-4-18(5-2-16)27-13-15(11-25-27)19-7-8-22-14-24-19/h7-14,16,18H,1-6H2,(H,26,28). The number of carbonyl (C=O) groups excluding carboxylic acids is 1. The molecule has 8 nitrogen and oxygen atoms in total. The van der Waals surface area contributed by atoms with Crippen molar-refractivity contribution in [3.05, 3.63) is 55.3 Å². The highest BCUT2D eigenvalue weighted by atomic mass is 16.1. The van der Waals surface area contributed by atoms with Gasteiger partial charge < -0.3 is 5.32 Å². The second-order valence-corrected chi connectivity index (χ2v) is 7.07. The average Bonchev–Trinajstić information content (AvgIpc) is 3.25. The topological polar surface area (TPSA) is 98.5 Å². The Morgan fingerprint density at radius 1 is 1.07 bits per heavy atom. The van der Waals surface area contributed by atoms with E-state index in [-0.39, 0.29) is 11.9 Å². The second-order valence-electron chi connectivity index (χ2n) is 7.07. The molecule has 0 aliphatic heterocycles. The van der Waals surface area contributed by atoms with Crippen molar-refractivity contribution < 1.29 is 4.79 Å². The van der Waals surface area contributed by atoms with Gasteiger partial charge >= 0.3 is 0 Å². The maximum absolute atomic E-state index is 12.2. The molecule has 144 valence electrons. The van der Waals surface area contributed by atoms with Crippen molar-refractivity contribution >= 4 is 5.91 Å². The molecule has 0 bridgehead atoms. The zero-order valence-electron chi connectivity index (χ0n) is 15.6. The molecule has 1 aliphatic rings. The van der Waals surface area contributed by atoms with E-state index in [1.54, 1.807) is 31.1 Å². The Morgan fingerprint density at radius 3 is 2.71 bits per heavy atom. The van der Waals surface area contributed by atoms with Crippen LogP contribution in [0.2, 0.25) is 0 Å². The molecule has 1 fully saturated rings. The molecule has 0 spiro atoms. The summed E-state index contributed by atoms with van der Waals surface area (Å²) >= 11 is 0. The van der Waals surface area contributed by atoms with Crippen molar-refractivity contribution in [3.8, 4) is 11.3 Å². The zero-order valence-corrected chi connectivity index (χ0v) is 15.6. The summed E-state index contributed by atoms with van der Waals surface area (Å²) in [4.78, 5) is 28.7. The van der Waals surface area contributed by atoms with Gasteiger partial charge in [0.05, 0.1) is 23.6 Å². The normalized spacial score (nSPS) is 19.3. The van der Waals surface area contributed by atoms with Crippen LogP contribution >= 0.6 is 0 Å². The van der Waals surface area contributed by atoms with Gasteiger partial charge in [0.1, 0.15) is 6.33 Å². The molecule has 1 N–H and O–H groups in total. The van der Waals surface area contributed by atoms with Gasteiger partial charge in [-0.2, -0.15) is 5.10 Å². The lowest BCUT2D eigenvalue weighted by Gasteiger charge is -2.29. The van der Waals surface area contributed by atoms with Crippen molar-refractivity contribution in [1.82, 2.24) is 35.0 Å². The summed E-state index contributed by atoms with van der Waals surface area (Å²) in [7, 11) is 0. The first kappa shape index (κ1) is 18.2. The van der Waals surface area contributed by atoms with Gasteiger partial charge in [0.15, 0.2) is 0 Å². The highest BCUT2D eigenvalue weighted by Crippen LogP contribution is 2.29. The van der Waals surface area contributed by atoms with E-state index >= 15 is 0 Å². The smallest absolute Gasteiger partial charge is 0.220 e. The number of amides is 1. The molecule has 4 rings (SSSR count). The predicted octanol–water partition coefficient (Wildman–Crippen LogP) is 2.36. The Bertz CT molecular complexity index is 889. The van der Waals surface area contributed by atoms with E-state index in [1.807, 2.05) is 23.1 Å². The molecule has 0 aromatic carbocycles. The largest absolute Gasteiger partial charge is 0.353 e. The average molecular weight is 377 g/mol. The molecule has 0 saturated heterocycles. The van der Waals surface area contributed by atoms with Gasteiger partial charge in [-0.1, -0.05) is 0 Å². The van der Waals surface area contributed by atoms with Crippen molar-refractivity contribution in [1.29, 1.82) is 0 Å². The van der Waals surface area contributed by atoms with E-state index in [4.69, 9.17) is 0 Å². The number of hydrogen-bond acceptors (Lipinski definition) is 6. The molecule has 0 radical (unpaired) electrons. The molecule has 8 heteroatoms. The van der Waals surface area contributed by atoms with Crippen LogP contribution in [0, 0.1) is 0 Å². The third kappa shape index (κ3) is 4.57. The fourth-order valence-electron chi connectivity index (χ4n) is 3.62. The molecule has 0 atom stereocenters. The van der Waals surface area contributed by atoms with Crippen molar-refractivity contribution in [3.63, 3.8) is 0 Å². The van der Waals surface area contributed by atoms with E-state index in [0.717, 1.165) is 42.6 Å². The molecule has 3 heterocycles. The molecule has 1 amide bonds. The van der Waals surface area contributed by atoms with E-state index in [2.05, 4.69) is 30.4 Å². The van der Waals surface area contributed by atoms with Crippen LogP contribution < -0.4 is 5.32 Å². The van der Waals surface area contributed by atoms with Gasteiger partial charge in [0.25, 0.3) is 0 Å². The van der Waals surface area contributed by atoms with E-state index in [0.29, 0.717) is 18.9 Å². The lowest BCUT2D eigenvalue weighted by atomic mass is 9.91. The number of nitrogens with zero attached hydrogens (tertiary/aromatic N) is 6.